The number of nitrogens with two attached hydrogens (primary N) is 1. The summed E-state index contributed by atoms with van der Waals surface area (Å²) in [4.78, 5) is 7.75. The highest BCUT2D eigenvalue weighted by molar-refractivity contribution is 7.90. The van der Waals surface area contributed by atoms with E-state index in [1.165, 1.54) is 19.4 Å². The van der Waals surface area contributed by atoms with Crippen molar-refractivity contribution in [2.75, 3.05) is 5.73 Å². The number of nitrogens with zero attached hydrogens (tertiary/aromatic N) is 4. The van der Waals surface area contributed by atoms with Crippen LogP contribution in [0.15, 0.2) is 34.1 Å². The molecule has 98 valence electrons. The van der Waals surface area contributed by atoms with Crippen LogP contribution in [0.2, 0.25) is 0 Å². The molecule has 0 aliphatic carbocycles. The van der Waals surface area contributed by atoms with Gasteiger partial charge in [-0.15, -0.1) is 0 Å². The van der Waals surface area contributed by atoms with Gasteiger partial charge in [0.2, 0.25) is 5.88 Å². The molecule has 0 saturated heterocycles. The maximum Gasteiger partial charge on any atom is 0.276 e. The van der Waals surface area contributed by atoms with Crippen molar-refractivity contribution < 1.29 is 12.9 Å². The van der Waals surface area contributed by atoms with Crippen molar-refractivity contribution >= 4 is 27.1 Å². The summed E-state index contributed by atoms with van der Waals surface area (Å²) >= 11 is 0. The van der Waals surface area contributed by atoms with E-state index in [1.807, 2.05) is 0 Å². The smallest absolute Gasteiger partial charge is 0.276 e. The molecular formula is C10H9N5O3S. The minimum absolute atomic E-state index is 0.157. The molecule has 19 heavy (non-hydrogen) atoms. The van der Waals surface area contributed by atoms with Crippen molar-refractivity contribution in [1.29, 1.82) is 0 Å². The van der Waals surface area contributed by atoms with E-state index in [9.17, 15) is 8.42 Å². The van der Waals surface area contributed by atoms with E-state index in [1.54, 1.807) is 12.1 Å². The Hall–Kier alpha value is -2.42. The summed E-state index contributed by atoms with van der Waals surface area (Å²) < 4.78 is 30.7. The lowest BCUT2D eigenvalue weighted by Crippen LogP contribution is -2.14. The van der Waals surface area contributed by atoms with E-state index in [0.717, 1.165) is 3.97 Å². The largest absolute Gasteiger partial charge is 0.366 e. The number of imidazole rings is 1. The van der Waals surface area contributed by atoms with Gasteiger partial charge in [-0.3, -0.25) is 0 Å². The number of fused-ring (bicyclic) bond motifs is 1. The topological polar surface area (TPSA) is 117 Å². The first kappa shape index (κ1) is 11.7. The maximum atomic E-state index is 12.5. The van der Waals surface area contributed by atoms with E-state index in [-0.39, 0.29) is 16.5 Å². The Balaban J connectivity index is 2.32. The van der Waals surface area contributed by atoms with Crippen LogP contribution in [0.4, 0.5) is 5.88 Å². The number of aromatic nitrogens is 4. The molecule has 3 rings (SSSR count). The zero-order valence-corrected chi connectivity index (χ0v) is 10.6. The molecule has 0 spiro atoms. The number of pyridine rings is 1. The summed E-state index contributed by atoms with van der Waals surface area (Å²) in [7, 11) is -3.91. The average Bonchev–Trinajstić information content (AvgIpc) is 2.93. The molecule has 0 saturated carbocycles. The van der Waals surface area contributed by atoms with Crippen molar-refractivity contribution in [2.45, 2.75) is 11.8 Å². The first-order valence-electron chi connectivity index (χ1n) is 5.27. The van der Waals surface area contributed by atoms with Gasteiger partial charge in [0.05, 0.1) is 0 Å². The maximum absolute atomic E-state index is 12.5. The van der Waals surface area contributed by atoms with Gasteiger partial charge in [-0.25, -0.2) is 22.4 Å². The number of nitrogen functional groups attached to an aromatic ring is 1. The summed E-state index contributed by atoms with van der Waals surface area (Å²) in [5.41, 5.74) is 6.41. The second kappa shape index (κ2) is 3.79. The van der Waals surface area contributed by atoms with Crippen LogP contribution in [0.1, 0.15) is 5.69 Å². The minimum atomic E-state index is -3.91. The molecule has 0 bridgehead atoms. The van der Waals surface area contributed by atoms with Gasteiger partial charge < -0.3 is 10.3 Å². The molecule has 8 nitrogen and oxygen atoms in total. The first-order chi connectivity index (χ1) is 9.01. The second-order valence-corrected chi connectivity index (χ2v) is 5.60. The predicted octanol–water partition coefficient (Wildman–Crippen LogP) is 0.547. The molecule has 0 radical (unpaired) electrons. The number of hydrogen-bond acceptors (Lipinski definition) is 7. The van der Waals surface area contributed by atoms with Crippen LogP contribution in [0.3, 0.4) is 0 Å². The van der Waals surface area contributed by atoms with Gasteiger partial charge in [-0.2, -0.15) is 0 Å². The fourth-order valence-electron chi connectivity index (χ4n) is 1.81. The minimum Gasteiger partial charge on any atom is -0.366 e. The summed E-state index contributed by atoms with van der Waals surface area (Å²) in [5.74, 6) is -0.247. The fraction of sp³-hybridized carbons (Fsp3) is 0.100. The zero-order valence-electron chi connectivity index (χ0n) is 9.81. The number of rotatable bonds is 2. The lowest BCUT2D eigenvalue weighted by Gasteiger charge is -2.04. The fourth-order valence-corrected chi connectivity index (χ4v) is 3.28. The van der Waals surface area contributed by atoms with Crippen molar-refractivity contribution in [3.63, 3.8) is 0 Å². The van der Waals surface area contributed by atoms with Crippen LogP contribution < -0.4 is 5.73 Å². The number of hydrogen-bond donors (Lipinski definition) is 1. The third-order valence-corrected chi connectivity index (χ3v) is 4.46. The lowest BCUT2D eigenvalue weighted by molar-refractivity contribution is 0.430. The first-order valence-corrected chi connectivity index (χ1v) is 6.71. The molecule has 9 heteroatoms. The average molecular weight is 279 g/mol. The highest BCUT2D eigenvalue weighted by Gasteiger charge is 2.28. The number of anilines is 1. The Bertz CT molecular complexity index is 845. The van der Waals surface area contributed by atoms with Gasteiger partial charge in [0.15, 0.2) is 10.5 Å². The van der Waals surface area contributed by atoms with Gasteiger partial charge in [-0.1, -0.05) is 5.16 Å². The van der Waals surface area contributed by atoms with Crippen molar-refractivity contribution in [2.24, 2.45) is 0 Å². The van der Waals surface area contributed by atoms with Crippen molar-refractivity contribution in [3.05, 3.63) is 30.4 Å². The van der Waals surface area contributed by atoms with Crippen LogP contribution in [-0.2, 0) is 10.0 Å². The molecule has 3 aromatic rings. The Morgan fingerprint density at radius 1 is 1.37 bits per heavy atom. The van der Waals surface area contributed by atoms with Crippen LogP contribution >= 0.6 is 0 Å². The molecule has 0 aromatic carbocycles. The van der Waals surface area contributed by atoms with Gasteiger partial charge in [0.1, 0.15) is 17.5 Å². The molecule has 0 unspecified atom stereocenters. The highest BCUT2D eigenvalue weighted by atomic mass is 32.2. The quantitative estimate of drug-likeness (QED) is 0.727. The standard InChI is InChI=1S/C10H9N5O3S/c1-6-8(9(11)18-14-6)19(16,17)15-5-13-10-7(15)3-2-4-12-10/h2-5H,11H2,1H3. The second-order valence-electron chi connectivity index (χ2n) is 3.85. The summed E-state index contributed by atoms with van der Waals surface area (Å²) in [6.45, 7) is 1.50. The van der Waals surface area contributed by atoms with E-state index in [2.05, 4.69) is 15.1 Å². The lowest BCUT2D eigenvalue weighted by atomic mass is 10.4. The zero-order chi connectivity index (χ0) is 13.6. The Labute approximate surface area is 107 Å². The summed E-state index contributed by atoms with van der Waals surface area (Å²) in [6.07, 6.45) is 2.71. The monoisotopic (exact) mass is 279 g/mol. The SMILES string of the molecule is Cc1noc(N)c1S(=O)(=O)n1cnc2ncccc21. The molecule has 2 N–H and O–H groups in total. The Morgan fingerprint density at radius 3 is 2.84 bits per heavy atom. The number of aryl methyl sites for hydroxylation is 1. The molecule has 0 aliphatic rings. The van der Waals surface area contributed by atoms with E-state index in [0.29, 0.717) is 11.2 Å². The van der Waals surface area contributed by atoms with E-state index >= 15 is 0 Å². The van der Waals surface area contributed by atoms with E-state index < -0.39 is 10.0 Å². The van der Waals surface area contributed by atoms with Gasteiger partial charge >= 0.3 is 0 Å². The van der Waals surface area contributed by atoms with E-state index in [4.69, 9.17) is 10.3 Å². The molecule has 0 amide bonds. The van der Waals surface area contributed by atoms with Crippen LogP contribution in [0.25, 0.3) is 11.2 Å². The molecule has 0 fully saturated rings. The van der Waals surface area contributed by atoms with Gasteiger partial charge in [0.25, 0.3) is 10.0 Å². The summed E-state index contributed by atoms with van der Waals surface area (Å²) in [6, 6.07) is 3.23. The van der Waals surface area contributed by atoms with Crippen LogP contribution in [0, 0.1) is 6.92 Å². The van der Waals surface area contributed by atoms with Gasteiger partial charge in [-0.05, 0) is 19.1 Å². The highest BCUT2D eigenvalue weighted by Crippen LogP contribution is 2.26. The molecule has 0 atom stereocenters. The van der Waals surface area contributed by atoms with Gasteiger partial charge in [0, 0.05) is 6.20 Å². The summed E-state index contributed by atoms with van der Waals surface area (Å²) in [5, 5.41) is 3.54. The van der Waals surface area contributed by atoms with Crippen molar-refractivity contribution in [1.82, 2.24) is 19.1 Å². The normalized spacial score (nSPS) is 12.1. The van der Waals surface area contributed by atoms with Crippen LogP contribution in [-0.4, -0.2) is 27.5 Å². The third-order valence-electron chi connectivity index (χ3n) is 2.64. The third kappa shape index (κ3) is 1.58. The van der Waals surface area contributed by atoms with Crippen LogP contribution in [0.5, 0.6) is 0 Å². The van der Waals surface area contributed by atoms with Crippen molar-refractivity contribution in [3.8, 4) is 0 Å². The Kier molecular flexibility index (Phi) is 2.32. The molecule has 3 aromatic heterocycles. The molecule has 3 heterocycles. The molecular weight excluding hydrogens is 270 g/mol. The molecule has 0 aliphatic heterocycles. The predicted molar refractivity (Wildman–Crippen MR) is 65.8 cm³/mol. The Morgan fingerprint density at radius 2 is 2.16 bits per heavy atom.